The zero-order valence-electron chi connectivity index (χ0n) is 12.1. The minimum Gasteiger partial charge on any atom is -0.467 e. The Bertz CT molecular complexity index is 737. The van der Waals surface area contributed by atoms with E-state index >= 15 is 0 Å². The van der Waals surface area contributed by atoms with E-state index < -0.39 is 0 Å². The van der Waals surface area contributed by atoms with Crippen LogP contribution in [0.5, 0.6) is 0 Å². The van der Waals surface area contributed by atoms with Gasteiger partial charge in [-0.1, -0.05) is 0 Å². The number of halogens is 1. The lowest BCUT2D eigenvalue weighted by molar-refractivity contribution is 0.501. The molecule has 0 fully saturated rings. The van der Waals surface area contributed by atoms with E-state index in [9.17, 15) is 0 Å². The normalized spacial score (nSPS) is 11.2. The van der Waals surface area contributed by atoms with Gasteiger partial charge in [0.25, 0.3) is 0 Å². The fourth-order valence-electron chi connectivity index (χ4n) is 2.00. The molecule has 3 heterocycles. The fraction of sp³-hybridized carbons (Fsp3) is 0.214. The molecular formula is C14H17IN6O. The smallest absolute Gasteiger partial charge is 0.191 e. The third-order valence-electron chi connectivity index (χ3n) is 3.04. The van der Waals surface area contributed by atoms with Crippen molar-refractivity contribution in [2.75, 3.05) is 7.05 Å². The molecule has 22 heavy (non-hydrogen) atoms. The van der Waals surface area contributed by atoms with Crippen LogP contribution in [-0.2, 0) is 13.1 Å². The van der Waals surface area contributed by atoms with Crippen molar-refractivity contribution < 1.29 is 4.42 Å². The van der Waals surface area contributed by atoms with Crippen LogP contribution in [0, 0.1) is 0 Å². The van der Waals surface area contributed by atoms with Crippen molar-refractivity contribution in [3.8, 4) is 0 Å². The third-order valence-corrected chi connectivity index (χ3v) is 3.04. The summed E-state index contributed by atoms with van der Waals surface area (Å²) in [5.74, 6) is 1.56. The van der Waals surface area contributed by atoms with Crippen LogP contribution in [-0.4, -0.2) is 27.6 Å². The Kier molecular flexibility index (Phi) is 5.75. The maximum atomic E-state index is 5.27. The Labute approximate surface area is 144 Å². The monoisotopic (exact) mass is 412 g/mol. The predicted octanol–water partition coefficient (Wildman–Crippen LogP) is 1.81. The van der Waals surface area contributed by atoms with E-state index in [1.165, 1.54) is 0 Å². The number of hydrogen-bond donors (Lipinski definition) is 2. The third kappa shape index (κ3) is 3.75. The van der Waals surface area contributed by atoms with E-state index in [0.29, 0.717) is 19.0 Å². The van der Waals surface area contributed by atoms with Gasteiger partial charge in [0.05, 0.1) is 31.2 Å². The molecule has 2 N–H and O–H groups in total. The van der Waals surface area contributed by atoms with Crippen molar-refractivity contribution >= 4 is 35.6 Å². The van der Waals surface area contributed by atoms with E-state index in [0.717, 1.165) is 17.1 Å². The van der Waals surface area contributed by atoms with Crippen molar-refractivity contribution in [2.24, 2.45) is 4.99 Å². The van der Waals surface area contributed by atoms with Crippen LogP contribution in [0.3, 0.4) is 0 Å². The Morgan fingerprint density at radius 2 is 2.09 bits per heavy atom. The van der Waals surface area contributed by atoms with Crippen molar-refractivity contribution in [3.05, 3.63) is 54.4 Å². The number of furan rings is 1. The van der Waals surface area contributed by atoms with E-state index in [1.807, 2.05) is 24.3 Å². The van der Waals surface area contributed by atoms with Gasteiger partial charge in [-0.3, -0.25) is 4.99 Å². The first kappa shape index (κ1) is 16.3. The molecule has 0 radical (unpaired) electrons. The predicted molar refractivity (Wildman–Crippen MR) is 94.1 cm³/mol. The number of nitrogens with zero attached hydrogens (tertiary/aromatic N) is 4. The summed E-state index contributed by atoms with van der Waals surface area (Å²) >= 11 is 0. The number of guanidine groups is 1. The first-order chi connectivity index (χ1) is 10.4. The quantitative estimate of drug-likeness (QED) is 0.388. The van der Waals surface area contributed by atoms with Gasteiger partial charge in [0.2, 0.25) is 0 Å². The molecule has 0 bridgehead atoms. The average Bonchev–Trinajstić information content (AvgIpc) is 3.18. The summed E-state index contributed by atoms with van der Waals surface area (Å²) in [6.07, 6.45) is 5.15. The molecule has 3 aromatic heterocycles. The fourth-order valence-corrected chi connectivity index (χ4v) is 2.00. The first-order valence-electron chi connectivity index (χ1n) is 6.61. The van der Waals surface area contributed by atoms with Gasteiger partial charge < -0.3 is 15.1 Å². The van der Waals surface area contributed by atoms with Gasteiger partial charge in [-0.2, -0.15) is 5.10 Å². The molecule has 0 atom stereocenters. The van der Waals surface area contributed by atoms with Crippen LogP contribution in [0.1, 0.15) is 11.5 Å². The van der Waals surface area contributed by atoms with E-state index in [-0.39, 0.29) is 24.0 Å². The second-order valence-corrected chi connectivity index (χ2v) is 4.40. The topological polar surface area (TPSA) is 79.8 Å². The molecule has 0 spiro atoms. The lowest BCUT2D eigenvalue weighted by atomic mass is 10.4. The molecule has 0 unspecified atom stereocenters. The summed E-state index contributed by atoms with van der Waals surface area (Å²) in [5, 5.41) is 10.7. The van der Waals surface area contributed by atoms with Crippen LogP contribution in [0.25, 0.3) is 5.65 Å². The zero-order valence-corrected chi connectivity index (χ0v) is 14.4. The van der Waals surface area contributed by atoms with Gasteiger partial charge in [-0.05, 0) is 18.2 Å². The van der Waals surface area contributed by atoms with Gasteiger partial charge in [-0.15, -0.1) is 24.0 Å². The van der Waals surface area contributed by atoms with Crippen LogP contribution < -0.4 is 10.6 Å². The van der Waals surface area contributed by atoms with Crippen molar-refractivity contribution in [1.82, 2.24) is 25.2 Å². The Morgan fingerprint density at radius 3 is 2.86 bits per heavy atom. The lowest BCUT2D eigenvalue weighted by Crippen LogP contribution is -2.36. The minimum absolute atomic E-state index is 0. The molecule has 116 valence electrons. The summed E-state index contributed by atoms with van der Waals surface area (Å²) in [4.78, 5) is 8.41. The van der Waals surface area contributed by atoms with Crippen LogP contribution in [0.15, 0.2) is 52.3 Å². The second-order valence-electron chi connectivity index (χ2n) is 4.40. The summed E-state index contributed by atoms with van der Waals surface area (Å²) < 4.78 is 7.07. The molecule has 0 aliphatic heterocycles. The van der Waals surface area contributed by atoms with Gasteiger partial charge in [0, 0.05) is 19.3 Å². The molecule has 0 aromatic carbocycles. The van der Waals surface area contributed by atoms with Gasteiger partial charge >= 0.3 is 0 Å². The summed E-state index contributed by atoms with van der Waals surface area (Å²) in [6, 6.07) is 7.56. The molecular weight excluding hydrogens is 395 g/mol. The highest BCUT2D eigenvalue weighted by atomic mass is 127. The highest BCUT2D eigenvalue weighted by Gasteiger charge is 2.04. The summed E-state index contributed by atoms with van der Waals surface area (Å²) in [7, 11) is 1.73. The molecule has 7 nitrogen and oxygen atoms in total. The Morgan fingerprint density at radius 1 is 1.23 bits per heavy atom. The van der Waals surface area contributed by atoms with Gasteiger partial charge in [0.15, 0.2) is 11.6 Å². The van der Waals surface area contributed by atoms with Crippen molar-refractivity contribution in [3.63, 3.8) is 0 Å². The summed E-state index contributed by atoms with van der Waals surface area (Å²) in [6.45, 7) is 1.18. The van der Waals surface area contributed by atoms with Crippen molar-refractivity contribution in [1.29, 1.82) is 0 Å². The van der Waals surface area contributed by atoms with Crippen molar-refractivity contribution in [2.45, 2.75) is 13.1 Å². The Hall–Kier alpha value is -2.10. The van der Waals surface area contributed by atoms with Crippen LogP contribution in [0.2, 0.25) is 0 Å². The van der Waals surface area contributed by atoms with E-state index in [2.05, 4.69) is 25.7 Å². The maximum absolute atomic E-state index is 5.27. The molecule has 0 aliphatic rings. The number of nitrogens with one attached hydrogen (secondary N) is 2. The number of hydrogen-bond acceptors (Lipinski definition) is 4. The Balaban J connectivity index is 0.00000176. The highest BCUT2D eigenvalue weighted by molar-refractivity contribution is 14.0. The summed E-state index contributed by atoms with van der Waals surface area (Å²) in [5.41, 5.74) is 1.83. The molecule has 0 aliphatic carbocycles. The number of aliphatic imine (C=N–C) groups is 1. The second kappa shape index (κ2) is 7.78. The van der Waals surface area contributed by atoms with E-state index in [1.54, 1.807) is 30.2 Å². The van der Waals surface area contributed by atoms with Gasteiger partial charge in [0.1, 0.15) is 5.76 Å². The first-order valence-corrected chi connectivity index (χ1v) is 6.61. The molecule has 8 heteroatoms. The van der Waals surface area contributed by atoms with Gasteiger partial charge in [-0.25, -0.2) is 9.50 Å². The average molecular weight is 412 g/mol. The highest BCUT2D eigenvalue weighted by Crippen LogP contribution is 2.03. The molecule has 3 aromatic rings. The molecule has 0 amide bonds. The maximum Gasteiger partial charge on any atom is 0.191 e. The minimum atomic E-state index is 0. The number of rotatable bonds is 4. The standard InChI is InChI=1S/C14H16N6O.HI/c1-15-14(18-10-12-3-2-8-21-12)17-9-11-4-6-16-13-5-7-19-20(11)13;/h2-8H,9-10H2,1H3,(H2,15,17,18);1H. The van der Waals surface area contributed by atoms with Crippen LogP contribution >= 0.6 is 24.0 Å². The van der Waals surface area contributed by atoms with E-state index in [4.69, 9.17) is 4.42 Å². The van der Waals surface area contributed by atoms with Crippen LogP contribution in [0.4, 0.5) is 0 Å². The zero-order chi connectivity index (χ0) is 14.5. The number of fused-ring (bicyclic) bond motifs is 1. The molecule has 0 saturated carbocycles. The lowest BCUT2D eigenvalue weighted by Gasteiger charge is -2.11. The molecule has 0 saturated heterocycles. The molecule has 3 rings (SSSR count). The largest absolute Gasteiger partial charge is 0.467 e. The SMILES string of the molecule is CN=C(NCc1ccco1)NCc1ccnc2ccnn12.I. The number of aromatic nitrogens is 3.